The van der Waals surface area contributed by atoms with Gasteiger partial charge in [0.2, 0.25) is 0 Å². The maximum absolute atomic E-state index is 11.9. The fraction of sp³-hybridized carbons (Fsp3) is 0. The summed E-state index contributed by atoms with van der Waals surface area (Å²) in [7, 11) is 0. The Bertz CT molecular complexity index is 486. The van der Waals surface area contributed by atoms with Crippen molar-refractivity contribution in [3.05, 3.63) is 66.0 Å². The number of rotatable bonds is 1. The number of halogens is 1. The van der Waals surface area contributed by atoms with Gasteiger partial charge in [0.25, 0.3) is 5.91 Å². The van der Waals surface area contributed by atoms with Gasteiger partial charge in [-0.1, -0.05) is 30.3 Å². The Morgan fingerprint density at radius 3 is 1.88 bits per heavy atom. The molecule has 0 radical (unpaired) electrons. The van der Waals surface area contributed by atoms with E-state index in [9.17, 15) is 9.18 Å². The van der Waals surface area contributed by atoms with E-state index in [1.54, 1.807) is 30.3 Å². The zero-order valence-electron chi connectivity index (χ0n) is 9.01. The van der Waals surface area contributed by atoms with Gasteiger partial charge in [0, 0.05) is 0 Å². The Hall–Kier alpha value is -2.36. The van der Waals surface area contributed by atoms with E-state index in [0.717, 1.165) is 0 Å². The number of hydrogen-bond acceptors (Lipinski definition) is 2. The second-order valence-electron chi connectivity index (χ2n) is 3.18. The Labute approximate surface area is 98.3 Å². The molecule has 0 aliphatic heterocycles. The third-order valence-corrected chi connectivity index (χ3v) is 1.90. The molecule has 1 amide bonds. The van der Waals surface area contributed by atoms with Gasteiger partial charge < -0.3 is 10.8 Å². The van der Waals surface area contributed by atoms with Crippen LogP contribution in [-0.2, 0) is 0 Å². The first-order valence-electron chi connectivity index (χ1n) is 4.89. The highest BCUT2D eigenvalue weighted by molar-refractivity contribution is 5.95. The van der Waals surface area contributed by atoms with Crippen LogP contribution in [0, 0.1) is 5.82 Å². The number of hydrogen-bond donors (Lipinski definition) is 2. The lowest BCUT2D eigenvalue weighted by molar-refractivity contribution is 0.0998. The maximum atomic E-state index is 11.9. The fourth-order valence-electron chi connectivity index (χ4n) is 1.10. The predicted octanol–water partition coefficient (Wildman–Crippen LogP) is 2.32. The first kappa shape index (κ1) is 12.7. The summed E-state index contributed by atoms with van der Waals surface area (Å²) in [5.74, 6) is -0.865. The molecule has 0 aliphatic carbocycles. The van der Waals surface area contributed by atoms with Crippen molar-refractivity contribution in [1.29, 1.82) is 0 Å². The number of benzene rings is 2. The zero-order valence-corrected chi connectivity index (χ0v) is 9.01. The van der Waals surface area contributed by atoms with Gasteiger partial charge in [-0.25, -0.2) is 4.39 Å². The largest absolute Gasteiger partial charge is 0.507 e. The molecule has 2 aromatic carbocycles. The highest BCUT2D eigenvalue weighted by Gasteiger charge is 2.03. The van der Waals surface area contributed by atoms with Gasteiger partial charge in [-0.2, -0.15) is 0 Å². The molecule has 0 unspecified atom stereocenters. The second kappa shape index (κ2) is 6.27. The summed E-state index contributed by atoms with van der Waals surface area (Å²) in [4.78, 5) is 10.5. The highest BCUT2D eigenvalue weighted by Crippen LogP contribution is 2.13. The Kier molecular flexibility index (Phi) is 4.69. The maximum Gasteiger partial charge on any atom is 0.252 e. The number of phenols is 1. The third-order valence-electron chi connectivity index (χ3n) is 1.90. The van der Waals surface area contributed by atoms with Crippen LogP contribution in [0.3, 0.4) is 0 Å². The van der Waals surface area contributed by atoms with Crippen LogP contribution in [0.15, 0.2) is 54.6 Å². The number of para-hydroxylation sites is 1. The standard InChI is InChI=1S/C7H7NO2.C6H5F/c8-7(10)5-3-1-2-4-6(5)9;7-6-4-2-1-3-5-6/h1-4,9H,(H2,8,10);1-5H. The van der Waals surface area contributed by atoms with E-state index in [2.05, 4.69) is 0 Å². The molecule has 17 heavy (non-hydrogen) atoms. The van der Waals surface area contributed by atoms with Crippen molar-refractivity contribution < 1.29 is 14.3 Å². The lowest BCUT2D eigenvalue weighted by atomic mass is 10.2. The van der Waals surface area contributed by atoms with Crippen LogP contribution in [-0.4, -0.2) is 11.0 Å². The highest BCUT2D eigenvalue weighted by atomic mass is 19.1. The molecule has 0 bridgehead atoms. The molecule has 3 nitrogen and oxygen atoms in total. The first-order chi connectivity index (χ1) is 8.11. The van der Waals surface area contributed by atoms with Crippen LogP contribution in [0.4, 0.5) is 4.39 Å². The molecule has 3 N–H and O–H groups in total. The van der Waals surface area contributed by atoms with E-state index >= 15 is 0 Å². The molecule has 0 saturated heterocycles. The monoisotopic (exact) mass is 233 g/mol. The minimum absolute atomic E-state index is 0.0741. The van der Waals surface area contributed by atoms with E-state index < -0.39 is 5.91 Å². The first-order valence-corrected chi connectivity index (χ1v) is 4.89. The topological polar surface area (TPSA) is 63.3 Å². The van der Waals surface area contributed by atoms with Crippen LogP contribution in [0.2, 0.25) is 0 Å². The van der Waals surface area contributed by atoms with E-state index in [-0.39, 0.29) is 17.1 Å². The third kappa shape index (κ3) is 4.34. The average Bonchev–Trinajstić information content (AvgIpc) is 2.31. The molecule has 0 saturated carbocycles. The summed E-state index contributed by atoms with van der Waals surface area (Å²) in [5, 5.41) is 8.98. The summed E-state index contributed by atoms with van der Waals surface area (Å²) in [6, 6.07) is 14.1. The number of carbonyl (C=O) groups is 1. The summed E-state index contributed by atoms with van der Waals surface area (Å²) in [6.45, 7) is 0. The number of primary amides is 1. The predicted molar refractivity (Wildman–Crippen MR) is 63.0 cm³/mol. The second-order valence-corrected chi connectivity index (χ2v) is 3.18. The smallest absolute Gasteiger partial charge is 0.252 e. The lowest BCUT2D eigenvalue weighted by Gasteiger charge is -1.96. The lowest BCUT2D eigenvalue weighted by Crippen LogP contribution is -2.10. The number of amides is 1. The van der Waals surface area contributed by atoms with Crippen molar-refractivity contribution in [3.63, 3.8) is 0 Å². The molecule has 88 valence electrons. The van der Waals surface area contributed by atoms with Gasteiger partial charge >= 0.3 is 0 Å². The van der Waals surface area contributed by atoms with E-state index in [1.807, 2.05) is 0 Å². The van der Waals surface area contributed by atoms with Crippen LogP contribution in [0.1, 0.15) is 10.4 Å². The Morgan fingerprint density at radius 1 is 1.00 bits per heavy atom. The van der Waals surface area contributed by atoms with Crippen LogP contribution >= 0.6 is 0 Å². The minimum Gasteiger partial charge on any atom is -0.507 e. The molecule has 0 aliphatic rings. The molecular weight excluding hydrogens is 221 g/mol. The number of nitrogens with two attached hydrogens (primary N) is 1. The molecule has 0 aromatic heterocycles. The van der Waals surface area contributed by atoms with Gasteiger partial charge in [-0.3, -0.25) is 4.79 Å². The number of carbonyl (C=O) groups excluding carboxylic acids is 1. The summed E-state index contributed by atoms with van der Waals surface area (Å²) >= 11 is 0. The van der Waals surface area contributed by atoms with Gasteiger partial charge in [0.15, 0.2) is 0 Å². The van der Waals surface area contributed by atoms with Crippen molar-refractivity contribution in [2.75, 3.05) is 0 Å². The van der Waals surface area contributed by atoms with Crippen molar-refractivity contribution in [3.8, 4) is 5.75 Å². The molecule has 2 aromatic rings. The van der Waals surface area contributed by atoms with Crippen molar-refractivity contribution in [2.45, 2.75) is 0 Å². The Morgan fingerprint density at radius 2 is 1.53 bits per heavy atom. The van der Waals surface area contributed by atoms with Gasteiger partial charge in [-0.15, -0.1) is 0 Å². The zero-order chi connectivity index (χ0) is 12.7. The van der Waals surface area contributed by atoms with Crippen LogP contribution in [0.25, 0.3) is 0 Å². The summed E-state index contributed by atoms with van der Waals surface area (Å²) in [5.41, 5.74) is 5.07. The molecule has 2 rings (SSSR count). The minimum atomic E-state index is -0.613. The Balaban J connectivity index is 0.000000181. The van der Waals surface area contributed by atoms with Gasteiger partial charge in [0.1, 0.15) is 11.6 Å². The van der Waals surface area contributed by atoms with Crippen LogP contribution in [0.5, 0.6) is 5.75 Å². The van der Waals surface area contributed by atoms with Crippen molar-refractivity contribution >= 4 is 5.91 Å². The quantitative estimate of drug-likeness (QED) is 0.793. The van der Waals surface area contributed by atoms with E-state index in [1.165, 1.54) is 24.3 Å². The molecule has 0 heterocycles. The van der Waals surface area contributed by atoms with Gasteiger partial charge in [-0.05, 0) is 24.3 Å². The normalized spacial score (nSPS) is 9.00. The molecular formula is C13H12FNO2. The van der Waals surface area contributed by atoms with E-state index in [4.69, 9.17) is 10.8 Å². The fourth-order valence-corrected chi connectivity index (χ4v) is 1.10. The average molecular weight is 233 g/mol. The number of aromatic hydroxyl groups is 1. The summed E-state index contributed by atoms with van der Waals surface area (Å²) in [6.07, 6.45) is 0. The molecule has 4 heteroatoms. The van der Waals surface area contributed by atoms with Gasteiger partial charge in [0.05, 0.1) is 5.56 Å². The van der Waals surface area contributed by atoms with Crippen molar-refractivity contribution in [2.24, 2.45) is 5.73 Å². The SMILES string of the molecule is Fc1ccccc1.NC(=O)c1ccccc1O. The van der Waals surface area contributed by atoms with E-state index in [0.29, 0.717) is 0 Å². The van der Waals surface area contributed by atoms with Crippen molar-refractivity contribution in [1.82, 2.24) is 0 Å². The van der Waals surface area contributed by atoms with Crippen LogP contribution < -0.4 is 5.73 Å². The molecule has 0 fully saturated rings. The molecule has 0 spiro atoms. The molecule has 0 atom stereocenters. The summed E-state index contributed by atoms with van der Waals surface area (Å²) < 4.78 is 11.9.